The number of thiophene rings is 1. The topological polar surface area (TPSA) is 82.9 Å². The van der Waals surface area contributed by atoms with Gasteiger partial charge in [-0.2, -0.15) is 5.10 Å². The average Bonchev–Trinajstić information content (AvgIpc) is 2.97. The lowest BCUT2D eigenvalue weighted by atomic mass is 10.2. The van der Waals surface area contributed by atoms with Gasteiger partial charge in [-0.15, -0.1) is 16.4 Å². The number of carbonyl (C=O) groups is 2. The Hall–Kier alpha value is -1.67. The number of amidine groups is 1. The van der Waals surface area contributed by atoms with Crippen molar-refractivity contribution in [2.24, 2.45) is 10.2 Å². The third-order valence-corrected chi connectivity index (χ3v) is 4.63. The van der Waals surface area contributed by atoms with Crippen molar-refractivity contribution in [3.8, 4) is 0 Å². The van der Waals surface area contributed by atoms with Crippen LogP contribution >= 0.6 is 23.1 Å². The largest absolute Gasteiger partial charge is 0.358 e. The maximum absolute atomic E-state index is 11.6. The first-order valence-electron chi connectivity index (χ1n) is 5.94. The number of hydrogen-bond donors (Lipinski definition) is 2. The molecule has 2 amide bonds. The van der Waals surface area contributed by atoms with Crippen molar-refractivity contribution in [3.05, 3.63) is 22.4 Å². The fourth-order valence-electron chi connectivity index (χ4n) is 1.55. The summed E-state index contributed by atoms with van der Waals surface area (Å²) in [5.41, 5.74) is 0.768. The van der Waals surface area contributed by atoms with Gasteiger partial charge >= 0.3 is 0 Å². The number of nitrogens with zero attached hydrogens (tertiary/aromatic N) is 2. The van der Waals surface area contributed by atoms with Crippen LogP contribution < -0.4 is 10.6 Å². The first-order chi connectivity index (χ1) is 9.60. The summed E-state index contributed by atoms with van der Waals surface area (Å²) < 4.78 is 0. The summed E-state index contributed by atoms with van der Waals surface area (Å²) in [5.74, 6) is -0.406. The molecule has 1 saturated heterocycles. The molecular weight excluding hydrogens is 296 g/mol. The number of amides is 2. The Bertz CT molecular complexity index is 566. The highest BCUT2D eigenvalue weighted by atomic mass is 32.2. The first kappa shape index (κ1) is 14.7. The van der Waals surface area contributed by atoms with Crippen LogP contribution in [0.2, 0.25) is 0 Å². The summed E-state index contributed by atoms with van der Waals surface area (Å²) in [6.45, 7) is 1.85. The Kier molecular flexibility index (Phi) is 4.91. The van der Waals surface area contributed by atoms with Crippen molar-refractivity contribution in [1.29, 1.82) is 0 Å². The Morgan fingerprint density at radius 2 is 2.35 bits per heavy atom. The minimum absolute atomic E-state index is 0.150. The van der Waals surface area contributed by atoms with E-state index in [1.807, 2.05) is 24.4 Å². The van der Waals surface area contributed by atoms with Gasteiger partial charge in [-0.3, -0.25) is 9.59 Å². The van der Waals surface area contributed by atoms with Crippen molar-refractivity contribution >= 4 is 45.8 Å². The molecule has 0 saturated carbocycles. The normalized spacial score (nSPS) is 21.7. The number of nitrogens with one attached hydrogen (secondary N) is 2. The second-order valence-electron chi connectivity index (χ2n) is 4.04. The summed E-state index contributed by atoms with van der Waals surface area (Å²) in [7, 11) is 1.55. The van der Waals surface area contributed by atoms with E-state index in [0.717, 1.165) is 10.6 Å². The van der Waals surface area contributed by atoms with Crippen LogP contribution in [0.25, 0.3) is 0 Å². The number of hydrogen-bond acceptors (Lipinski definition) is 6. The molecule has 0 bridgehead atoms. The third kappa shape index (κ3) is 3.67. The Labute approximate surface area is 124 Å². The van der Waals surface area contributed by atoms with E-state index in [2.05, 4.69) is 20.8 Å². The molecule has 20 heavy (non-hydrogen) atoms. The first-order valence-corrected chi connectivity index (χ1v) is 7.70. The number of rotatable bonds is 3. The van der Waals surface area contributed by atoms with E-state index in [-0.39, 0.29) is 18.2 Å². The maximum Gasteiger partial charge on any atom is 0.233 e. The van der Waals surface area contributed by atoms with Crippen LogP contribution in [0.3, 0.4) is 0 Å². The molecule has 8 heteroatoms. The molecular formula is C12H14N4O2S2. The average molecular weight is 310 g/mol. The molecule has 1 aliphatic rings. The van der Waals surface area contributed by atoms with Crippen LogP contribution in [0.5, 0.6) is 0 Å². The summed E-state index contributed by atoms with van der Waals surface area (Å²) in [4.78, 5) is 24.1. The van der Waals surface area contributed by atoms with Crippen LogP contribution in [0.4, 0.5) is 0 Å². The van der Waals surface area contributed by atoms with Gasteiger partial charge in [0.2, 0.25) is 11.8 Å². The predicted molar refractivity (Wildman–Crippen MR) is 82.2 cm³/mol. The molecule has 6 nitrogen and oxygen atoms in total. The standard InChI is InChI=1S/C12H14N4O2S2/c1-7(8-4-3-5-19-8)15-16-12-14-10(17)6-9(20-12)11(18)13-2/h3-5,9H,6H2,1-2H3,(H,13,18)(H,14,16,17)/b15-7-. The molecule has 0 radical (unpaired) electrons. The highest BCUT2D eigenvalue weighted by Crippen LogP contribution is 2.21. The summed E-state index contributed by atoms with van der Waals surface area (Å²) in [6, 6.07) is 3.88. The van der Waals surface area contributed by atoms with E-state index in [1.165, 1.54) is 11.8 Å². The molecule has 0 aromatic carbocycles. The van der Waals surface area contributed by atoms with E-state index in [9.17, 15) is 9.59 Å². The van der Waals surface area contributed by atoms with Crippen molar-refractivity contribution in [3.63, 3.8) is 0 Å². The van der Waals surface area contributed by atoms with Gasteiger partial charge in [0, 0.05) is 13.5 Å². The van der Waals surface area contributed by atoms with Crippen LogP contribution in [0, 0.1) is 0 Å². The van der Waals surface area contributed by atoms with Gasteiger partial charge in [0.15, 0.2) is 5.17 Å². The monoisotopic (exact) mass is 310 g/mol. The number of carbonyl (C=O) groups excluding carboxylic acids is 2. The second-order valence-corrected chi connectivity index (χ2v) is 6.18. The smallest absolute Gasteiger partial charge is 0.233 e. The third-order valence-electron chi connectivity index (χ3n) is 2.58. The highest BCUT2D eigenvalue weighted by molar-refractivity contribution is 8.15. The fourth-order valence-corrected chi connectivity index (χ4v) is 3.22. The van der Waals surface area contributed by atoms with E-state index < -0.39 is 5.25 Å². The van der Waals surface area contributed by atoms with Crippen LogP contribution in [0.1, 0.15) is 18.2 Å². The molecule has 0 spiro atoms. The van der Waals surface area contributed by atoms with Gasteiger partial charge < -0.3 is 10.6 Å². The molecule has 1 aromatic rings. The minimum atomic E-state index is -0.454. The van der Waals surface area contributed by atoms with E-state index in [0.29, 0.717) is 5.17 Å². The Balaban J connectivity index is 2.11. The Morgan fingerprint density at radius 1 is 1.55 bits per heavy atom. The van der Waals surface area contributed by atoms with Gasteiger partial charge in [-0.25, -0.2) is 0 Å². The molecule has 2 rings (SSSR count). The lowest BCUT2D eigenvalue weighted by Crippen LogP contribution is -2.43. The lowest BCUT2D eigenvalue weighted by Gasteiger charge is -2.20. The van der Waals surface area contributed by atoms with Gasteiger partial charge in [-0.1, -0.05) is 17.8 Å². The minimum Gasteiger partial charge on any atom is -0.358 e. The molecule has 2 heterocycles. The molecule has 1 aromatic heterocycles. The predicted octanol–water partition coefficient (Wildman–Crippen LogP) is 1.20. The van der Waals surface area contributed by atoms with E-state index in [4.69, 9.17) is 0 Å². The molecule has 0 aliphatic carbocycles. The van der Waals surface area contributed by atoms with Crippen LogP contribution in [-0.2, 0) is 9.59 Å². The van der Waals surface area contributed by atoms with Crippen molar-refractivity contribution in [1.82, 2.24) is 10.6 Å². The maximum atomic E-state index is 11.6. The van der Waals surface area contributed by atoms with E-state index in [1.54, 1.807) is 18.4 Å². The molecule has 1 atom stereocenters. The molecule has 106 valence electrons. The summed E-state index contributed by atoms with van der Waals surface area (Å²) >= 11 is 2.78. The molecule has 1 unspecified atom stereocenters. The fraction of sp³-hybridized carbons (Fsp3) is 0.333. The zero-order valence-corrected chi connectivity index (χ0v) is 12.7. The zero-order chi connectivity index (χ0) is 14.5. The second kappa shape index (κ2) is 6.67. The zero-order valence-electron chi connectivity index (χ0n) is 11.0. The Morgan fingerprint density at radius 3 is 3.00 bits per heavy atom. The van der Waals surface area contributed by atoms with Gasteiger partial charge in [-0.05, 0) is 18.4 Å². The molecule has 2 N–H and O–H groups in total. The van der Waals surface area contributed by atoms with Crippen molar-refractivity contribution in [2.75, 3.05) is 7.05 Å². The highest BCUT2D eigenvalue weighted by Gasteiger charge is 2.29. The van der Waals surface area contributed by atoms with Crippen LogP contribution in [0.15, 0.2) is 27.7 Å². The van der Waals surface area contributed by atoms with Gasteiger partial charge in [0.25, 0.3) is 0 Å². The van der Waals surface area contributed by atoms with E-state index >= 15 is 0 Å². The molecule has 1 aliphatic heterocycles. The quantitative estimate of drug-likeness (QED) is 0.650. The SMILES string of the molecule is CNC(=O)C1CC(=O)N/C(=N\N=C(\C)c2cccs2)S1. The number of thioether (sulfide) groups is 1. The summed E-state index contributed by atoms with van der Waals surface area (Å²) in [5, 5.41) is 15.1. The lowest BCUT2D eigenvalue weighted by molar-refractivity contribution is -0.125. The van der Waals surface area contributed by atoms with Gasteiger partial charge in [0.05, 0.1) is 15.8 Å². The van der Waals surface area contributed by atoms with Crippen molar-refractivity contribution in [2.45, 2.75) is 18.6 Å². The summed E-state index contributed by atoms with van der Waals surface area (Å²) in [6.07, 6.45) is 0.150. The van der Waals surface area contributed by atoms with Crippen molar-refractivity contribution < 1.29 is 9.59 Å². The van der Waals surface area contributed by atoms with Gasteiger partial charge in [0.1, 0.15) is 0 Å². The molecule has 1 fully saturated rings. The van der Waals surface area contributed by atoms with Crippen LogP contribution in [-0.4, -0.2) is 35.0 Å².